The Kier molecular flexibility index (Phi) is 5.65. The van der Waals surface area contributed by atoms with Crippen LogP contribution in [0.4, 0.5) is 0 Å². The van der Waals surface area contributed by atoms with Crippen molar-refractivity contribution in [3.63, 3.8) is 0 Å². The molecule has 0 aliphatic carbocycles. The van der Waals surface area contributed by atoms with Gasteiger partial charge in [0, 0.05) is 47.2 Å². The first-order valence-electron chi connectivity index (χ1n) is 6.98. The second-order valence-electron chi connectivity index (χ2n) is 5.07. The quantitative estimate of drug-likeness (QED) is 0.734. The van der Waals surface area contributed by atoms with E-state index in [0.717, 1.165) is 42.0 Å². The maximum atomic E-state index is 11.5. The van der Waals surface area contributed by atoms with E-state index in [0.29, 0.717) is 5.88 Å². The molecule has 0 amide bonds. The summed E-state index contributed by atoms with van der Waals surface area (Å²) in [5.74, 6) is 2.31. The minimum Gasteiger partial charge on any atom is -0.497 e. The molecule has 1 aromatic heterocycles. The highest BCUT2D eigenvalue weighted by atomic mass is 35.5. The highest BCUT2D eigenvalue weighted by molar-refractivity contribution is 7.84. The van der Waals surface area contributed by atoms with Gasteiger partial charge in [-0.3, -0.25) is 4.21 Å². The molecule has 0 bridgehead atoms. The molecule has 0 saturated carbocycles. The van der Waals surface area contributed by atoms with E-state index in [4.69, 9.17) is 16.3 Å². The molecular weight excluding hydrogens is 308 g/mol. The van der Waals surface area contributed by atoms with E-state index >= 15 is 0 Å². The molecule has 4 nitrogen and oxygen atoms in total. The van der Waals surface area contributed by atoms with Crippen molar-refractivity contribution in [3.05, 3.63) is 24.0 Å². The number of aryl methyl sites for hydroxylation is 2. The number of ether oxygens (including phenoxy) is 1. The fourth-order valence-corrected chi connectivity index (χ4v) is 2.89. The number of hydrogen-bond donors (Lipinski definition) is 0. The van der Waals surface area contributed by atoms with Crippen molar-refractivity contribution in [2.75, 3.05) is 19.2 Å². The first-order chi connectivity index (χ1) is 10.1. The first kappa shape index (κ1) is 16.3. The molecule has 1 aromatic carbocycles. The van der Waals surface area contributed by atoms with Crippen LogP contribution in [0.25, 0.3) is 11.0 Å². The van der Waals surface area contributed by atoms with Crippen molar-refractivity contribution in [1.29, 1.82) is 0 Å². The smallest absolute Gasteiger partial charge is 0.121 e. The maximum absolute atomic E-state index is 11.5. The van der Waals surface area contributed by atoms with Crippen LogP contribution < -0.4 is 4.74 Å². The number of aromatic nitrogens is 2. The van der Waals surface area contributed by atoms with Crippen LogP contribution in [-0.4, -0.2) is 38.3 Å². The zero-order chi connectivity index (χ0) is 15.4. The van der Waals surface area contributed by atoms with E-state index in [1.54, 1.807) is 13.4 Å². The number of nitrogens with zero attached hydrogens (tertiary/aromatic N) is 2. The SMILES string of the molecule is COc1ccc2c(c1)nc(CCCl)n2CCC(C)S(C)=O. The molecule has 116 valence electrons. The van der Waals surface area contributed by atoms with Crippen LogP contribution in [0, 0.1) is 0 Å². The van der Waals surface area contributed by atoms with Gasteiger partial charge in [0.1, 0.15) is 11.6 Å². The molecule has 0 aliphatic rings. The van der Waals surface area contributed by atoms with Crippen molar-refractivity contribution in [2.24, 2.45) is 0 Å². The molecule has 6 heteroatoms. The number of benzene rings is 1. The molecule has 0 fully saturated rings. The number of alkyl halides is 1. The molecular formula is C15H21ClN2O2S. The van der Waals surface area contributed by atoms with Gasteiger partial charge in [0.15, 0.2) is 0 Å². The fraction of sp³-hybridized carbons (Fsp3) is 0.533. The van der Waals surface area contributed by atoms with Gasteiger partial charge in [0.25, 0.3) is 0 Å². The lowest BCUT2D eigenvalue weighted by molar-refractivity contribution is 0.415. The Morgan fingerprint density at radius 3 is 2.86 bits per heavy atom. The predicted molar refractivity (Wildman–Crippen MR) is 88.9 cm³/mol. The van der Waals surface area contributed by atoms with Gasteiger partial charge in [-0.1, -0.05) is 6.92 Å². The summed E-state index contributed by atoms with van der Waals surface area (Å²) < 4.78 is 18.9. The van der Waals surface area contributed by atoms with Gasteiger partial charge in [0.2, 0.25) is 0 Å². The van der Waals surface area contributed by atoms with E-state index in [1.165, 1.54) is 0 Å². The molecule has 1 heterocycles. The molecule has 2 aromatic rings. The van der Waals surface area contributed by atoms with Gasteiger partial charge < -0.3 is 9.30 Å². The van der Waals surface area contributed by atoms with Gasteiger partial charge in [-0.2, -0.15) is 0 Å². The zero-order valence-corrected chi connectivity index (χ0v) is 14.2. The van der Waals surface area contributed by atoms with E-state index in [-0.39, 0.29) is 5.25 Å². The molecule has 0 spiro atoms. The first-order valence-corrected chi connectivity index (χ1v) is 9.13. The molecule has 0 radical (unpaired) electrons. The summed E-state index contributed by atoms with van der Waals surface area (Å²) in [5, 5.41) is 0.171. The molecule has 2 unspecified atom stereocenters. The average Bonchev–Trinajstić information content (AvgIpc) is 2.81. The summed E-state index contributed by atoms with van der Waals surface area (Å²) >= 11 is 5.88. The van der Waals surface area contributed by atoms with Crippen LogP contribution >= 0.6 is 11.6 Å². The number of methoxy groups -OCH3 is 1. The normalized spacial score (nSPS) is 14.3. The fourth-order valence-electron chi connectivity index (χ4n) is 2.29. The summed E-state index contributed by atoms with van der Waals surface area (Å²) in [4.78, 5) is 4.66. The van der Waals surface area contributed by atoms with Crippen LogP contribution in [0.3, 0.4) is 0 Å². The van der Waals surface area contributed by atoms with Gasteiger partial charge in [-0.25, -0.2) is 4.98 Å². The Bertz CT molecular complexity index is 642. The van der Waals surface area contributed by atoms with Crippen molar-refractivity contribution in [1.82, 2.24) is 9.55 Å². The lowest BCUT2D eigenvalue weighted by atomic mass is 10.2. The summed E-state index contributed by atoms with van der Waals surface area (Å²) in [7, 11) is 0.848. The highest BCUT2D eigenvalue weighted by Gasteiger charge is 2.13. The average molecular weight is 329 g/mol. The Hall–Kier alpha value is -1.07. The number of imidazole rings is 1. The number of rotatable bonds is 7. The van der Waals surface area contributed by atoms with Crippen molar-refractivity contribution in [2.45, 2.75) is 31.6 Å². The lowest BCUT2D eigenvalue weighted by Crippen LogP contribution is -2.14. The molecule has 2 rings (SSSR count). The van der Waals surface area contributed by atoms with Crippen molar-refractivity contribution in [3.8, 4) is 5.75 Å². The highest BCUT2D eigenvalue weighted by Crippen LogP contribution is 2.23. The Balaban J connectivity index is 2.34. The summed E-state index contributed by atoms with van der Waals surface area (Å²) in [6, 6.07) is 5.89. The van der Waals surface area contributed by atoms with E-state index in [2.05, 4.69) is 9.55 Å². The van der Waals surface area contributed by atoms with E-state index in [9.17, 15) is 4.21 Å². The van der Waals surface area contributed by atoms with Crippen LogP contribution in [0.2, 0.25) is 0 Å². The Labute approximate surface area is 132 Å². The summed E-state index contributed by atoms with van der Waals surface area (Å²) in [6.45, 7) is 2.81. The van der Waals surface area contributed by atoms with Gasteiger partial charge in [-0.15, -0.1) is 11.6 Å². The van der Waals surface area contributed by atoms with Crippen molar-refractivity contribution < 1.29 is 8.95 Å². The van der Waals surface area contributed by atoms with E-state index in [1.807, 2.05) is 25.1 Å². The second-order valence-corrected chi connectivity index (χ2v) is 7.25. The van der Waals surface area contributed by atoms with E-state index < -0.39 is 10.8 Å². The molecule has 0 N–H and O–H groups in total. The van der Waals surface area contributed by atoms with Gasteiger partial charge >= 0.3 is 0 Å². The lowest BCUT2D eigenvalue weighted by Gasteiger charge is -2.12. The van der Waals surface area contributed by atoms with Crippen LogP contribution in [0.5, 0.6) is 5.75 Å². The van der Waals surface area contributed by atoms with Gasteiger partial charge in [-0.05, 0) is 18.6 Å². The predicted octanol–water partition coefficient (Wildman–Crippen LogP) is 2.98. The molecule has 0 aliphatic heterocycles. The topological polar surface area (TPSA) is 44.1 Å². The van der Waals surface area contributed by atoms with Gasteiger partial charge in [0.05, 0.1) is 18.1 Å². The maximum Gasteiger partial charge on any atom is 0.121 e. The Morgan fingerprint density at radius 1 is 1.48 bits per heavy atom. The minimum atomic E-state index is -0.801. The second kappa shape index (κ2) is 7.27. The third-order valence-corrected chi connectivity index (χ3v) is 5.24. The summed E-state index contributed by atoms with van der Waals surface area (Å²) in [6.07, 6.45) is 3.33. The monoisotopic (exact) mass is 328 g/mol. The van der Waals surface area contributed by atoms with Crippen LogP contribution in [-0.2, 0) is 23.8 Å². The largest absolute Gasteiger partial charge is 0.497 e. The number of fused-ring (bicyclic) bond motifs is 1. The standard InChI is InChI=1S/C15H21ClN2O2S/c1-11(21(3)19)7-9-18-14-5-4-12(20-2)10-13(14)17-15(18)6-8-16/h4-5,10-11H,6-9H2,1-3H3. The molecule has 21 heavy (non-hydrogen) atoms. The number of halogens is 1. The molecule has 2 atom stereocenters. The number of hydrogen-bond acceptors (Lipinski definition) is 3. The third-order valence-electron chi connectivity index (χ3n) is 3.68. The minimum absolute atomic E-state index is 0.171. The molecule has 0 saturated heterocycles. The summed E-state index contributed by atoms with van der Waals surface area (Å²) in [5.41, 5.74) is 1.99. The zero-order valence-electron chi connectivity index (χ0n) is 12.6. The Morgan fingerprint density at radius 2 is 2.24 bits per heavy atom. The van der Waals surface area contributed by atoms with Crippen LogP contribution in [0.15, 0.2) is 18.2 Å². The third kappa shape index (κ3) is 3.77. The van der Waals surface area contributed by atoms with Crippen LogP contribution in [0.1, 0.15) is 19.2 Å². The van der Waals surface area contributed by atoms with Crippen molar-refractivity contribution >= 4 is 33.4 Å².